The van der Waals surface area contributed by atoms with Crippen LogP contribution in [0, 0.1) is 9.39 Å². The maximum Gasteiger partial charge on any atom is 0.136 e. The molecule has 0 unspecified atom stereocenters. The van der Waals surface area contributed by atoms with Gasteiger partial charge in [0.05, 0.1) is 0 Å². The second-order valence-electron chi connectivity index (χ2n) is 2.95. The van der Waals surface area contributed by atoms with Gasteiger partial charge in [-0.25, -0.2) is 4.39 Å². The number of hydrogen-bond donors (Lipinski definition) is 0. The lowest BCUT2D eigenvalue weighted by Crippen LogP contribution is -1.84. The first-order valence-corrected chi connectivity index (χ1v) is 4.80. The lowest BCUT2D eigenvalue weighted by molar-refractivity contribution is 0.619. The van der Waals surface area contributed by atoms with Crippen molar-refractivity contribution < 1.29 is 4.39 Å². The SMILES string of the molecule is Fc1ccc(C2CC2)cc1I. The molecule has 0 aliphatic heterocycles. The first kappa shape index (κ1) is 7.53. The van der Waals surface area contributed by atoms with E-state index in [4.69, 9.17) is 0 Å². The van der Waals surface area contributed by atoms with Crippen LogP contribution in [0.2, 0.25) is 0 Å². The van der Waals surface area contributed by atoms with Gasteiger partial charge in [0.1, 0.15) is 5.82 Å². The molecule has 2 heteroatoms. The van der Waals surface area contributed by atoms with E-state index >= 15 is 0 Å². The van der Waals surface area contributed by atoms with Gasteiger partial charge in [0.15, 0.2) is 0 Å². The van der Waals surface area contributed by atoms with E-state index in [2.05, 4.69) is 0 Å². The Hall–Kier alpha value is -0.120. The lowest BCUT2D eigenvalue weighted by atomic mass is 10.1. The standard InChI is InChI=1S/C9H8FI/c10-8-4-3-7(5-9(8)11)6-1-2-6/h3-6H,1-2H2. The fraction of sp³-hybridized carbons (Fsp3) is 0.333. The van der Waals surface area contributed by atoms with Crippen LogP contribution in [0.1, 0.15) is 24.3 Å². The van der Waals surface area contributed by atoms with E-state index in [0.717, 1.165) is 9.49 Å². The normalized spacial score (nSPS) is 16.9. The third-order valence-corrected chi connectivity index (χ3v) is 2.82. The highest BCUT2D eigenvalue weighted by Crippen LogP contribution is 2.40. The van der Waals surface area contributed by atoms with Crippen LogP contribution < -0.4 is 0 Å². The van der Waals surface area contributed by atoms with Gasteiger partial charge in [0.25, 0.3) is 0 Å². The minimum Gasteiger partial charge on any atom is -0.206 e. The molecule has 0 amide bonds. The number of rotatable bonds is 1. The molecule has 1 fully saturated rings. The first-order valence-electron chi connectivity index (χ1n) is 3.72. The number of benzene rings is 1. The average molecular weight is 262 g/mol. The monoisotopic (exact) mass is 262 g/mol. The van der Waals surface area contributed by atoms with Gasteiger partial charge in [-0.15, -0.1) is 0 Å². The minimum atomic E-state index is -0.102. The highest BCUT2D eigenvalue weighted by Gasteiger charge is 2.23. The Balaban J connectivity index is 2.36. The maximum absolute atomic E-state index is 12.8. The molecule has 0 radical (unpaired) electrons. The van der Waals surface area contributed by atoms with Gasteiger partial charge < -0.3 is 0 Å². The average Bonchev–Trinajstić information content (AvgIpc) is 2.77. The summed E-state index contributed by atoms with van der Waals surface area (Å²) in [5.41, 5.74) is 1.30. The molecule has 1 aromatic rings. The quantitative estimate of drug-likeness (QED) is 0.681. The summed E-state index contributed by atoms with van der Waals surface area (Å²) < 4.78 is 13.5. The van der Waals surface area contributed by atoms with Crippen molar-refractivity contribution in [3.05, 3.63) is 33.1 Å². The Bertz CT molecular complexity index is 279. The van der Waals surface area contributed by atoms with E-state index in [1.165, 1.54) is 18.4 Å². The van der Waals surface area contributed by atoms with Crippen molar-refractivity contribution in [2.45, 2.75) is 18.8 Å². The molecule has 0 bridgehead atoms. The fourth-order valence-corrected chi connectivity index (χ4v) is 1.72. The summed E-state index contributed by atoms with van der Waals surface area (Å²) in [6, 6.07) is 5.41. The van der Waals surface area contributed by atoms with Crippen LogP contribution in [0.4, 0.5) is 4.39 Å². The van der Waals surface area contributed by atoms with Crippen LogP contribution in [0.25, 0.3) is 0 Å². The van der Waals surface area contributed by atoms with Crippen molar-refractivity contribution in [3.8, 4) is 0 Å². The van der Waals surface area contributed by atoms with Gasteiger partial charge in [-0.1, -0.05) is 6.07 Å². The molecule has 1 aromatic carbocycles. The molecule has 0 aromatic heterocycles. The van der Waals surface area contributed by atoms with Crippen molar-refractivity contribution >= 4 is 22.6 Å². The summed E-state index contributed by atoms with van der Waals surface area (Å²) >= 11 is 2.04. The first-order chi connectivity index (χ1) is 5.27. The Morgan fingerprint density at radius 3 is 2.64 bits per heavy atom. The van der Waals surface area contributed by atoms with Crippen molar-refractivity contribution in [1.82, 2.24) is 0 Å². The van der Waals surface area contributed by atoms with Crippen LogP contribution in [0.3, 0.4) is 0 Å². The molecular weight excluding hydrogens is 254 g/mol. The maximum atomic E-state index is 12.8. The van der Waals surface area contributed by atoms with Crippen LogP contribution in [0.5, 0.6) is 0 Å². The van der Waals surface area contributed by atoms with Gasteiger partial charge in [-0.05, 0) is 59.0 Å². The molecule has 0 atom stereocenters. The second kappa shape index (κ2) is 2.73. The molecule has 2 rings (SSSR count). The Morgan fingerprint density at radius 2 is 2.09 bits per heavy atom. The van der Waals surface area contributed by atoms with E-state index in [1.807, 2.05) is 34.7 Å². The largest absolute Gasteiger partial charge is 0.206 e. The molecule has 0 nitrogen and oxygen atoms in total. The summed E-state index contributed by atoms with van der Waals surface area (Å²) in [5, 5.41) is 0. The third-order valence-electron chi connectivity index (χ3n) is 1.99. The molecule has 1 aliphatic carbocycles. The van der Waals surface area contributed by atoms with E-state index in [9.17, 15) is 4.39 Å². The third kappa shape index (κ3) is 1.55. The molecule has 58 valence electrons. The van der Waals surface area contributed by atoms with Crippen LogP contribution in [0.15, 0.2) is 18.2 Å². The van der Waals surface area contributed by atoms with Gasteiger partial charge in [0.2, 0.25) is 0 Å². The number of hydrogen-bond acceptors (Lipinski definition) is 0. The van der Waals surface area contributed by atoms with Crippen molar-refractivity contribution in [3.63, 3.8) is 0 Å². The highest BCUT2D eigenvalue weighted by atomic mass is 127. The van der Waals surface area contributed by atoms with Gasteiger partial charge in [-0.3, -0.25) is 0 Å². The molecule has 1 aliphatic rings. The van der Waals surface area contributed by atoms with Crippen LogP contribution in [-0.4, -0.2) is 0 Å². The van der Waals surface area contributed by atoms with Gasteiger partial charge in [-0.2, -0.15) is 0 Å². The zero-order valence-corrected chi connectivity index (χ0v) is 8.14. The molecule has 0 saturated heterocycles. The second-order valence-corrected chi connectivity index (χ2v) is 4.11. The number of halogens is 2. The zero-order valence-electron chi connectivity index (χ0n) is 5.98. The van der Waals surface area contributed by atoms with E-state index in [1.54, 1.807) is 6.07 Å². The van der Waals surface area contributed by atoms with Crippen molar-refractivity contribution in [2.75, 3.05) is 0 Å². The van der Waals surface area contributed by atoms with Gasteiger partial charge in [0, 0.05) is 3.57 Å². The summed E-state index contributed by atoms with van der Waals surface area (Å²) in [6.07, 6.45) is 2.56. The molecule has 0 N–H and O–H groups in total. The minimum absolute atomic E-state index is 0.102. The van der Waals surface area contributed by atoms with E-state index < -0.39 is 0 Å². The Kier molecular flexibility index (Phi) is 1.87. The summed E-state index contributed by atoms with van der Waals surface area (Å²) in [5.74, 6) is 0.624. The molecular formula is C9H8FI. The predicted molar refractivity (Wildman–Crippen MR) is 51.1 cm³/mol. The summed E-state index contributed by atoms with van der Waals surface area (Å²) in [4.78, 5) is 0. The van der Waals surface area contributed by atoms with Crippen molar-refractivity contribution in [1.29, 1.82) is 0 Å². The molecule has 11 heavy (non-hydrogen) atoms. The van der Waals surface area contributed by atoms with E-state index in [-0.39, 0.29) is 5.82 Å². The van der Waals surface area contributed by atoms with Crippen LogP contribution >= 0.6 is 22.6 Å². The molecule has 1 saturated carbocycles. The zero-order chi connectivity index (χ0) is 7.84. The summed E-state index contributed by atoms with van der Waals surface area (Å²) in [6.45, 7) is 0. The Labute approximate surface area is 78.9 Å². The predicted octanol–water partition coefficient (Wildman–Crippen LogP) is 3.31. The smallest absolute Gasteiger partial charge is 0.136 e. The van der Waals surface area contributed by atoms with Crippen LogP contribution in [-0.2, 0) is 0 Å². The van der Waals surface area contributed by atoms with E-state index in [0.29, 0.717) is 0 Å². The Morgan fingerprint density at radius 1 is 1.36 bits per heavy atom. The highest BCUT2D eigenvalue weighted by molar-refractivity contribution is 14.1. The summed E-state index contributed by atoms with van der Waals surface area (Å²) in [7, 11) is 0. The molecule has 0 spiro atoms. The van der Waals surface area contributed by atoms with Gasteiger partial charge >= 0.3 is 0 Å². The topological polar surface area (TPSA) is 0 Å². The lowest BCUT2D eigenvalue weighted by Gasteiger charge is -1.98. The molecule has 0 heterocycles. The van der Waals surface area contributed by atoms with Crippen molar-refractivity contribution in [2.24, 2.45) is 0 Å². The fourth-order valence-electron chi connectivity index (χ4n) is 1.18.